The first-order valence-electron chi connectivity index (χ1n) is 11.3. The number of nitrogens with one attached hydrogen (secondary N) is 1. The van der Waals surface area contributed by atoms with Crippen LogP contribution in [0.2, 0.25) is 0 Å². The summed E-state index contributed by atoms with van der Waals surface area (Å²) in [5.74, 6) is -0.596. The SMILES string of the molecule is CC(NC(=O)C1CCCN(S(=O)(=O)c2ccc3c(c2)C(C)(C)C(=O)N3C)C1)c1ccccc1. The fourth-order valence-electron chi connectivity index (χ4n) is 4.79. The van der Waals surface area contributed by atoms with Gasteiger partial charge in [-0.3, -0.25) is 9.59 Å². The number of likely N-dealkylation sites (N-methyl/N-ethyl adjacent to an activating group) is 1. The molecule has 8 heteroatoms. The molecule has 33 heavy (non-hydrogen) atoms. The van der Waals surface area contributed by atoms with Crippen LogP contribution in [0, 0.1) is 5.92 Å². The second-order valence-electron chi connectivity index (χ2n) is 9.51. The Morgan fingerprint density at radius 3 is 2.55 bits per heavy atom. The molecule has 0 saturated carbocycles. The summed E-state index contributed by atoms with van der Waals surface area (Å²) in [7, 11) is -2.09. The number of carbonyl (C=O) groups excluding carboxylic acids is 2. The Labute approximate surface area is 195 Å². The van der Waals surface area contributed by atoms with Gasteiger partial charge in [-0.2, -0.15) is 4.31 Å². The lowest BCUT2D eigenvalue weighted by Crippen LogP contribution is -2.45. The van der Waals surface area contributed by atoms with E-state index in [0.29, 0.717) is 24.9 Å². The monoisotopic (exact) mass is 469 g/mol. The van der Waals surface area contributed by atoms with Crippen molar-refractivity contribution in [1.29, 1.82) is 0 Å². The number of hydrogen-bond acceptors (Lipinski definition) is 4. The zero-order chi connectivity index (χ0) is 24.0. The lowest BCUT2D eigenvalue weighted by atomic mass is 9.86. The highest BCUT2D eigenvalue weighted by Crippen LogP contribution is 2.42. The van der Waals surface area contributed by atoms with E-state index in [9.17, 15) is 18.0 Å². The predicted molar refractivity (Wildman–Crippen MR) is 127 cm³/mol. The number of fused-ring (bicyclic) bond motifs is 1. The van der Waals surface area contributed by atoms with E-state index in [1.807, 2.05) is 51.1 Å². The van der Waals surface area contributed by atoms with Gasteiger partial charge < -0.3 is 10.2 Å². The van der Waals surface area contributed by atoms with Gasteiger partial charge in [0, 0.05) is 25.8 Å². The van der Waals surface area contributed by atoms with Crippen LogP contribution in [0.3, 0.4) is 0 Å². The highest BCUT2D eigenvalue weighted by molar-refractivity contribution is 7.89. The number of carbonyl (C=O) groups is 2. The highest BCUT2D eigenvalue weighted by atomic mass is 32.2. The Morgan fingerprint density at radius 1 is 1.15 bits per heavy atom. The van der Waals surface area contributed by atoms with Gasteiger partial charge in [0.15, 0.2) is 0 Å². The van der Waals surface area contributed by atoms with Crippen molar-refractivity contribution in [3.8, 4) is 0 Å². The van der Waals surface area contributed by atoms with E-state index in [4.69, 9.17) is 0 Å². The van der Waals surface area contributed by atoms with Gasteiger partial charge in [-0.05, 0) is 62.9 Å². The Hall–Kier alpha value is -2.71. The molecule has 2 heterocycles. The zero-order valence-electron chi connectivity index (χ0n) is 19.5. The lowest BCUT2D eigenvalue weighted by molar-refractivity contribution is -0.126. The minimum Gasteiger partial charge on any atom is -0.349 e. The summed E-state index contributed by atoms with van der Waals surface area (Å²) in [5.41, 5.74) is 1.66. The van der Waals surface area contributed by atoms with Gasteiger partial charge in [0.25, 0.3) is 0 Å². The summed E-state index contributed by atoms with van der Waals surface area (Å²) in [6, 6.07) is 14.4. The number of amides is 2. The maximum Gasteiger partial charge on any atom is 0.243 e. The van der Waals surface area contributed by atoms with E-state index in [1.54, 1.807) is 30.1 Å². The quantitative estimate of drug-likeness (QED) is 0.729. The molecule has 1 saturated heterocycles. The molecule has 1 N–H and O–H groups in total. The Morgan fingerprint density at radius 2 is 1.85 bits per heavy atom. The highest BCUT2D eigenvalue weighted by Gasteiger charge is 2.43. The molecule has 2 aromatic rings. The van der Waals surface area contributed by atoms with E-state index < -0.39 is 21.4 Å². The predicted octanol–water partition coefficient (Wildman–Crippen LogP) is 3.22. The summed E-state index contributed by atoms with van der Waals surface area (Å²) in [4.78, 5) is 27.2. The molecule has 7 nitrogen and oxygen atoms in total. The van der Waals surface area contributed by atoms with Crippen LogP contribution >= 0.6 is 0 Å². The summed E-state index contributed by atoms with van der Waals surface area (Å²) in [6.07, 6.45) is 1.27. The largest absolute Gasteiger partial charge is 0.349 e. The van der Waals surface area contributed by atoms with E-state index in [0.717, 1.165) is 11.3 Å². The van der Waals surface area contributed by atoms with Crippen LogP contribution in [0.15, 0.2) is 53.4 Å². The summed E-state index contributed by atoms with van der Waals surface area (Å²) >= 11 is 0. The van der Waals surface area contributed by atoms with Crippen LogP contribution < -0.4 is 10.2 Å². The molecule has 2 atom stereocenters. The average molecular weight is 470 g/mol. The molecule has 2 unspecified atom stereocenters. The average Bonchev–Trinajstić information content (AvgIpc) is 2.99. The molecule has 2 aliphatic heterocycles. The van der Waals surface area contributed by atoms with Gasteiger partial charge in [-0.25, -0.2) is 8.42 Å². The topological polar surface area (TPSA) is 86.8 Å². The Kier molecular flexibility index (Phi) is 6.09. The Balaban J connectivity index is 1.52. The van der Waals surface area contributed by atoms with Crippen LogP contribution in [-0.2, 0) is 25.0 Å². The van der Waals surface area contributed by atoms with Gasteiger partial charge in [0.1, 0.15) is 0 Å². The first-order chi connectivity index (χ1) is 15.5. The van der Waals surface area contributed by atoms with E-state index in [2.05, 4.69) is 5.32 Å². The van der Waals surface area contributed by atoms with Crippen molar-refractivity contribution in [3.05, 3.63) is 59.7 Å². The minimum absolute atomic E-state index is 0.0608. The second kappa shape index (κ2) is 8.57. The number of hydrogen-bond donors (Lipinski definition) is 1. The summed E-state index contributed by atoms with van der Waals surface area (Å²) in [6.45, 7) is 6.07. The number of sulfonamides is 1. The molecule has 1 fully saturated rings. The van der Waals surface area contributed by atoms with Gasteiger partial charge >= 0.3 is 0 Å². The van der Waals surface area contributed by atoms with E-state index in [1.165, 1.54) is 4.31 Å². The molecular weight excluding hydrogens is 438 g/mol. The van der Waals surface area contributed by atoms with Crippen molar-refractivity contribution in [1.82, 2.24) is 9.62 Å². The van der Waals surface area contributed by atoms with Gasteiger partial charge in [-0.15, -0.1) is 0 Å². The molecule has 0 aromatic heterocycles. The van der Waals surface area contributed by atoms with Crippen molar-refractivity contribution >= 4 is 27.5 Å². The third-order valence-corrected chi connectivity index (χ3v) is 8.75. The minimum atomic E-state index is -3.79. The van der Waals surface area contributed by atoms with Crippen LogP contribution in [0.4, 0.5) is 5.69 Å². The molecule has 2 amide bonds. The van der Waals surface area contributed by atoms with Crippen molar-refractivity contribution in [2.24, 2.45) is 5.92 Å². The number of nitrogens with zero attached hydrogens (tertiary/aromatic N) is 2. The maximum atomic E-state index is 13.5. The molecule has 0 bridgehead atoms. The fraction of sp³-hybridized carbons (Fsp3) is 0.440. The third kappa shape index (κ3) is 4.17. The smallest absolute Gasteiger partial charge is 0.243 e. The molecule has 176 valence electrons. The molecule has 0 aliphatic carbocycles. The van der Waals surface area contributed by atoms with E-state index >= 15 is 0 Å². The summed E-state index contributed by atoms with van der Waals surface area (Å²) in [5, 5.41) is 3.03. The van der Waals surface area contributed by atoms with Gasteiger partial charge in [0.2, 0.25) is 21.8 Å². The maximum absolute atomic E-state index is 13.5. The number of piperidine rings is 1. The molecule has 0 spiro atoms. The van der Waals surface area contributed by atoms with Crippen molar-refractivity contribution in [2.45, 2.75) is 50.0 Å². The van der Waals surface area contributed by atoms with Crippen LogP contribution in [0.5, 0.6) is 0 Å². The van der Waals surface area contributed by atoms with Crippen molar-refractivity contribution < 1.29 is 18.0 Å². The lowest BCUT2D eigenvalue weighted by Gasteiger charge is -2.32. The first-order valence-corrected chi connectivity index (χ1v) is 12.8. The van der Waals surface area contributed by atoms with E-state index in [-0.39, 0.29) is 29.3 Å². The first kappa shape index (κ1) is 23.4. The van der Waals surface area contributed by atoms with Crippen molar-refractivity contribution in [2.75, 3.05) is 25.0 Å². The number of anilines is 1. The molecular formula is C25H31N3O4S. The third-order valence-electron chi connectivity index (χ3n) is 6.89. The fourth-order valence-corrected chi connectivity index (χ4v) is 6.34. The van der Waals surface area contributed by atoms with Crippen molar-refractivity contribution in [3.63, 3.8) is 0 Å². The Bertz CT molecular complexity index is 1180. The van der Waals surface area contributed by atoms with Crippen LogP contribution in [0.1, 0.15) is 50.8 Å². The molecule has 4 rings (SSSR count). The molecule has 2 aromatic carbocycles. The summed E-state index contributed by atoms with van der Waals surface area (Å²) < 4.78 is 28.3. The zero-order valence-corrected chi connectivity index (χ0v) is 20.4. The molecule has 0 radical (unpaired) electrons. The van der Waals surface area contributed by atoms with Crippen LogP contribution in [0.25, 0.3) is 0 Å². The normalized spacial score (nSPS) is 21.5. The molecule has 2 aliphatic rings. The van der Waals surface area contributed by atoms with Gasteiger partial charge in [-0.1, -0.05) is 30.3 Å². The number of rotatable bonds is 5. The second-order valence-corrected chi connectivity index (χ2v) is 11.4. The number of benzene rings is 2. The van der Waals surface area contributed by atoms with Gasteiger partial charge in [0.05, 0.1) is 22.3 Å². The standard InChI is InChI=1S/C25H31N3O4S/c1-17(18-9-6-5-7-10-18)26-23(29)19-11-8-14-28(16-19)33(31,32)20-12-13-22-21(15-20)25(2,3)24(30)27(22)4/h5-7,9-10,12-13,15,17,19H,8,11,14,16H2,1-4H3,(H,26,29). The van der Waals surface area contributed by atoms with Crippen LogP contribution in [-0.4, -0.2) is 44.7 Å².